The molecule has 1 aliphatic carbocycles. The van der Waals surface area contributed by atoms with Gasteiger partial charge in [-0.05, 0) is 95.8 Å². The minimum absolute atomic E-state index is 1.03. The van der Waals surface area contributed by atoms with Crippen molar-refractivity contribution in [3.05, 3.63) is 187 Å². The summed E-state index contributed by atoms with van der Waals surface area (Å²) in [4.78, 5) is 2.28. The number of hydrogen-bond donors (Lipinski definition) is 0. The highest BCUT2D eigenvalue weighted by Crippen LogP contribution is 2.44. The van der Waals surface area contributed by atoms with E-state index in [9.17, 15) is 0 Å². The molecule has 2 heterocycles. The molecule has 10 rings (SSSR count). The lowest BCUT2D eigenvalue weighted by Gasteiger charge is -2.24. The number of aromatic nitrogens is 2. The minimum atomic E-state index is 1.03. The molecule has 3 nitrogen and oxygen atoms in total. The first kappa shape index (κ1) is 30.3. The highest BCUT2D eigenvalue weighted by Gasteiger charge is 2.24. The Balaban J connectivity index is 1.15. The van der Waals surface area contributed by atoms with Crippen molar-refractivity contribution in [1.82, 2.24) is 9.13 Å². The highest BCUT2D eigenvalue weighted by atomic mass is 15.1. The summed E-state index contributed by atoms with van der Waals surface area (Å²) in [5, 5.41) is 3.92. The summed E-state index contributed by atoms with van der Waals surface area (Å²) in [7, 11) is 2.15. The van der Waals surface area contributed by atoms with E-state index in [1.807, 2.05) is 0 Å². The average molecular weight is 668 g/mol. The van der Waals surface area contributed by atoms with Gasteiger partial charge in [-0.15, -0.1) is 0 Å². The van der Waals surface area contributed by atoms with Crippen LogP contribution in [0.5, 0.6) is 0 Å². The van der Waals surface area contributed by atoms with Crippen molar-refractivity contribution >= 4 is 50.2 Å². The molecule has 3 heteroatoms. The fourth-order valence-corrected chi connectivity index (χ4v) is 8.44. The molecule has 248 valence electrons. The summed E-state index contributed by atoms with van der Waals surface area (Å²) in [6.07, 6.45) is 6.73. The molecule has 0 saturated heterocycles. The first-order chi connectivity index (χ1) is 25.8. The van der Waals surface area contributed by atoms with Gasteiger partial charge in [-0.25, -0.2) is 0 Å². The molecule has 0 amide bonds. The number of rotatable bonds is 6. The normalized spacial score (nSPS) is 12.5. The molecule has 2 aromatic heterocycles. The van der Waals surface area contributed by atoms with Crippen LogP contribution < -0.4 is 4.90 Å². The van der Waals surface area contributed by atoms with E-state index < -0.39 is 0 Å². The molecule has 52 heavy (non-hydrogen) atoms. The Morgan fingerprint density at radius 1 is 0.500 bits per heavy atom. The summed E-state index contributed by atoms with van der Waals surface area (Å²) >= 11 is 0. The van der Waals surface area contributed by atoms with E-state index in [2.05, 4.69) is 203 Å². The van der Waals surface area contributed by atoms with Gasteiger partial charge in [0.15, 0.2) is 0 Å². The topological polar surface area (TPSA) is 13.1 Å². The predicted molar refractivity (Wildman–Crippen MR) is 220 cm³/mol. The second kappa shape index (κ2) is 12.3. The van der Waals surface area contributed by atoms with E-state index in [1.54, 1.807) is 0 Å². The lowest BCUT2D eigenvalue weighted by Crippen LogP contribution is -2.10. The molecule has 1 aliphatic rings. The van der Waals surface area contributed by atoms with Gasteiger partial charge in [0, 0.05) is 57.2 Å². The Hall–Kier alpha value is -6.58. The molecular formula is C49H37N3. The maximum atomic E-state index is 2.50. The predicted octanol–water partition coefficient (Wildman–Crippen LogP) is 12.8. The minimum Gasteiger partial charge on any atom is -0.344 e. The average Bonchev–Trinajstić information content (AvgIpc) is 3.74. The van der Waals surface area contributed by atoms with E-state index in [-0.39, 0.29) is 0 Å². The fourth-order valence-electron chi connectivity index (χ4n) is 8.44. The van der Waals surface area contributed by atoms with Crippen molar-refractivity contribution in [2.24, 2.45) is 0 Å². The number of benzene rings is 7. The zero-order valence-corrected chi connectivity index (χ0v) is 29.1. The van der Waals surface area contributed by atoms with E-state index in [1.165, 1.54) is 77.6 Å². The molecule has 0 unspecified atom stereocenters. The van der Waals surface area contributed by atoms with Crippen LogP contribution in [0, 0.1) is 0 Å². The van der Waals surface area contributed by atoms with Gasteiger partial charge in [0.1, 0.15) is 0 Å². The number of aryl methyl sites for hydroxylation is 1. The summed E-state index contributed by atoms with van der Waals surface area (Å²) in [5.74, 6) is 0. The van der Waals surface area contributed by atoms with Gasteiger partial charge >= 0.3 is 0 Å². The Morgan fingerprint density at radius 3 is 1.96 bits per heavy atom. The van der Waals surface area contributed by atoms with Crippen LogP contribution >= 0.6 is 0 Å². The number of hydrogen-bond acceptors (Lipinski definition) is 1. The van der Waals surface area contributed by atoms with Crippen molar-refractivity contribution in [2.75, 3.05) is 11.9 Å². The van der Waals surface area contributed by atoms with Gasteiger partial charge in [0.05, 0.1) is 16.6 Å². The first-order valence-electron chi connectivity index (χ1n) is 18.2. The Kier molecular flexibility index (Phi) is 7.17. The molecule has 0 N–H and O–H groups in total. The van der Waals surface area contributed by atoms with Crippen LogP contribution in [-0.4, -0.2) is 16.2 Å². The molecule has 0 fully saturated rings. The fraction of sp³-hybridized carbons (Fsp3) is 0.0612. The highest BCUT2D eigenvalue weighted by molar-refractivity contribution is 6.20. The molecule has 0 bridgehead atoms. The maximum absolute atomic E-state index is 2.50. The van der Waals surface area contributed by atoms with Crippen LogP contribution in [0.3, 0.4) is 0 Å². The second-order valence-electron chi connectivity index (χ2n) is 13.7. The van der Waals surface area contributed by atoms with E-state index in [0.29, 0.717) is 0 Å². The first-order valence-corrected chi connectivity index (χ1v) is 18.2. The largest absolute Gasteiger partial charge is 0.344 e. The number of allylic oxidation sites excluding steroid dienone is 1. The molecule has 0 atom stereocenters. The van der Waals surface area contributed by atoms with Crippen LogP contribution in [0.15, 0.2) is 176 Å². The third kappa shape index (κ3) is 4.74. The third-order valence-electron chi connectivity index (χ3n) is 10.8. The van der Waals surface area contributed by atoms with Crippen molar-refractivity contribution in [1.29, 1.82) is 0 Å². The van der Waals surface area contributed by atoms with Gasteiger partial charge < -0.3 is 14.0 Å². The zero-order chi connectivity index (χ0) is 34.6. The number of fused-ring (bicyclic) bond motifs is 7. The SMILES string of the molecule is CN(c1ccccc1)c1ccccc1-c1ccccc1-c1ccc(-n2c3ccccc3c3ccc4c(c5c(n4-c4ccccc4)C=CCC5)c32)cc1. The standard InChI is InChI=1S/C49H37N3/c1-50(35-16-4-2-5-17-35)44-25-13-10-22-40(44)39-21-9-8-20-38(39)34-28-30-37(31-29-34)52-45-26-14-11-23-41(45)42-32-33-47-48(49(42)52)43-24-12-15-27-46(43)51(47)36-18-6-3-7-19-36/h2-11,13-23,25-33H,12,24H2,1H3. The van der Waals surface area contributed by atoms with Gasteiger partial charge in [-0.2, -0.15) is 0 Å². The molecule has 0 spiro atoms. The molecule has 0 saturated carbocycles. The van der Waals surface area contributed by atoms with Crippen LogP contribution in [0.1, 0.15) is 17.7 Å². The quantitative estimate of drug-likeness (QED) is 0.172. The van der Waals surface area contributed by atoms with Crippen LogP contribution in [0.2, 0.25) is 0 Å². The molecule has 7 aromatic carbocycles. The number of para-hydroxylation sites is 4. The molecule has 9 aromatic rings. The zero-order valence-electron chi connectivity index (χ0n) is 29.1. The van der Waals surface area contributed by atoms with E-state index in [4.69, 9.17) is 0 Å². The van der Waals surface area contributed by atoms with Crippen molar-refractivity contribution in [3.63, 3.8) is 0 Å². The molecular weight excluding hydrogens is 631 g/mol. The number of anilines is 2. The monoisotopic (exact) mass is 667 g/mol. The Labute approximate surface area is 303 Å². The van der Waals surface area contributed by atoms with Crippen LogP contribution in [0.25, 0.3) is 72.4 Å². The van der Waals surface area contributed by atoms with Crippen molar-refractivity contribution in [3.8, 4) is 33.6 Å². The third-order valence-corrected chi connectivity index (χ3v) is 10.8. The lowest BCUT2D eigenvalue weighted by molar-refractivity contribution is 0.967. The molecule has 0 radical (unpaired) electrons. The van der Waals surface area contributed by atoms with Gasteiger partial charge in [-0.1, -0.05) is 121 Å². The van der Waals surface area contributed by atoms with E-state index >= 15 is 0 Å². The van der Waals surface area contributed by atoms with Crippen LogP contribution in [0.4, 0.5) is 11.4 Å². The summed E-state index contributed by atoms with van der Waals surface area (Å²) < 4.78 is 4.95. The number of nitrogens with zero attached hydrogens (tertiary/aromatic N) is 3. The maximum Gasteiger partial charge on any atom is 0.0638 e. The summed E-state index contributed by atoms with van der Waals surface area (Å²) in [5.41, 5.74) is 16.0. The summed E-state index contributed by atoms with van der Waals surface area (Å²) in [6.45, 7) is 0. The molecule has 0 aliphatic heterocycles. The smallest absolute Gasteiger partial charge is 0.0638 e. The Bertz CT molecular complexity index is 2780. The van der Waals surface area contributed by atoms with Gasteiger partial charge in [0.2, 0.25) is 0 Å². The van der Waals surface area contributed by atoms with Crippen molar-refractivity contribution < 1.29 is 0 Å². The lowest BCUT2D eigenvalue weighted by atomic mass is 9.93. The van der Waals surface area contributed by atoms with Crippen LogP contribution in [-0.2, 0) is 6.42 Å². The van der Waals surface area contributed by atoms with Gasteiger partial charge in [-0.3, -0.25) is 0 Å². The second-order valence-corrected chi connectivity index (χ2v) is 13.7. The Morgan fingerprint density at radius 2 is 1.15 bits per heavy atom. The van der Waals surface area contributed by atoms with Crippen molar-refractivity contribution in [2.45, 2.75) is 12.8 Å². The van der Waals surface area contributed by atoms with E-state index in [0.717, 1.165) is 24.2 Å². The summed E-state index contributed by atoms with van der Waals surface area (Å²) in [6, 6.07) is 61.6. The van der Waals surface area contributed by atoms with Gasteiger partial charge in [0.25, 0.3) is 0 Å².